The van der Waals surface area contributed by atoms with Gasteiger partial charge < -0.3 is 9.73 Å². The molecule has 6 nitrogen and oxygen atoms in total. The number of aromatic nitrogens is 1. The highest BCUT2D eigenvalue weighted by Gasteiger charge is 2.51. The first-order valence-electron chi connectivity index (χ1n) is 9.83. The Labute approximate surface area is 169 Å². The molecule has 1 saturated heterocycles. The van der Waals surface area contributed by atoms with Gasteiger partial charge in [0.15, 0.2) is 0 Å². The van der Waals surface area contributed by atoms with Crippen molar-refractivity contribution in [2.45, 2.75) is 38.3 Å². The molecule has 29 heavy (non-hydrogen) atoms. The van der Waals surface area contributed by atoms with Crippen molar-refractivity contribution >= 4 is 11.9 Å². The average Bonchev–Trinajstić information content (AvgIpc) is 3.33. The van der Waals surface area contributed by atoms with Crippen LogP contribution in [0.3, 0.4) is 0 Å². The minimum atomic E-state index is -1.03. The maximum absolute atomic E-state index is 13.4. The molecule has 0 aliphatic carbocycles. The van der Waals surface area contributed by atoms with Crippen LogP contribution in [0.25, 0.3) is 11.5 Å². The Bertz CT molecular complexity index is 1000. The van der Waals surface area contributed by atoms with Gasteiger partial charge in [-0.15, -0.1) is 0 Å². The van der Waals surface area contributed by atoms with Crippen LogP contribution in [0.15, 0.2) is 71.3 Å². The number of nitrogens with one attached hydrogen (secondary N) is 1. The second-order valence-corrected chi connectivity index (χ2v) is 7.21. The number of rotatable bonds is 7. The van der Waals surface area contributed by atoms with E-state index in [0.717, 1.165) is 24.0 Å². The van der Waals surface area contributed by atoms with Crippen LogP contribution in [0.5, 0.6) is 0 Å². The number of benzene rings is 2. The Balaban J connectivity index is 1.60. The molecule has 4 rings (SSSR count). The summed E-state index contributed by atoms with van der Waals surface area (Å²) in [6.45, 7) is 2.14. The molecule has 0 radical (unpaired) electrons. The third-order valence-electron chi connectivity index (χ3n) is 5.24. The van der Waals surface area contributed by atoms with E-state index in [2.05, 4.69) is 17.2 Å². The number of hydrogen-bond donors (Lipinski definition) is 1. The Hall–Kier alpha value is -3.41. The predicted octanol–water partition coefficient (Wildman–Crippen LogP) is 4.48. The summed E-state index contributed by atoms with van der Waals surface area (Å²) in [4.78, 5) is 31.8. The minimum Gasteiger partial charge on any atom is -0.444 e. The van der Waals surface area contributed by atoms with Crippen LogP contribution in [0.4, 0.5) is 4.79 Å². The molecule has 2 aromatic carbocycles. The smallest absolute Gasteiger partial charge is 0.325 e. The van der Waals surface area contributed by atoms with Gasteiger partial charge in [0.1, 0.15) is 11.8 Å². The van der Waals surface area contributed by atoms with Gasteiger partial charge in [-0.2, -0.15) is 0 Å². The monoisotopic (exact) mass is 389 g/mol. The van der Waals surface area contributed by atoms with Crippen molar-refractivity contribution in [2.24, 2.45) is 0 Å². The summed E-state index contributed by atoms with van der Waals surface area (Å²) < 4.78 is 5.55. The van der Waals surface area contributed by atoms with Crippen molar-refractivity contribution in [1.29, 1.82) is 0 Å². The maximum Gasteiger partial charge on any atom is 0.325 e. The molecule has 3 aromatic rings. The van der Waals surface area contributed by atoms with Crippen LogP contribution in [-0.2, 0) is 16.9 Å². The molecule has 1 N–H and O–H groups in total. The summed E-state index contributed by atoms with van der Waals surface area (Å²) in [5.41, 5.74) is 1.16. The van der Waals surface area contributed by atoms with Crippen molar-refractivity contribution in [3.63, 3.8) is 0 Å². The normalized spacial score (nSPS) is 18.9. The Morgan fingerprint density at radius 1 is 1.03 bits per heavy atom. The van der Waals surface area contributed by atoms with E-state index < -0.39 is 11.6 Å². The lowest BCUT2D eigenvalue weighted by Crippen LogP contribution is -2.44. The van der Waals surface area contributed by atoms with Crippen LogP contribution in [-0.4, -0.2) is 21.8 Å². The van der Waals surface area contributed by atoms with E-state index in [-0.39, 0.29) is 12.5 Å². The fourth-order valence-corrected chi connectivity index (χ4v) is 3.70. The number of oxazole rings is 1. The van der Waals surface area contributed by atoms with Crippen molar-refractivity contribution in [1.82, 2.24) is 15.2 Å². The molecule has 1 unspecified atom stereocenters. The van der Waals surface area contributed by atoms with E-state index in [1.165, 1.54) is 11.2 Å². The number of hydrogen-bond acceptors (Lipinski definition) is 4. The van der Waals surface area contributed by atoms with Gasteiger partial charge in [-0.25, -0.2) is 9.78 Å². The Morgan fingerprint density at radius 2 is 1.72 bits per heavy atom. The van der Waals surface area contributed by atoms with E-state index in [1.807, 2.05) is 60.7 Å². The number of nitrogens with zero attached hydrogens (tertiary/aromatic N) is 2. The third kappa shape index (κ3) is 3.53. The van der Waals surface area contributed by atoms with Gasteiger partial charge in [0.25, 0.3) is 5.91 Å². The lowest BCUT2D eigenvalue weighted by molar-refractivity contribution is -0.132. The van der Waals surface area contributed by atoms with Gasteiger partial charge in [-0.05, 0) is 24.1 Å². The highest BCUT2D eigenvalue weighted by molar-refractivity contribution is 6.07. The third-order valence-corrected chi connectivity index (χ3v) is 5.24. The molecule has 2 heterocycles. The zero-order valence-corrected chi connectivity index (χ0v) is 16.3. The Kier molecular flexibility index (Phi) is 5.16. The molecule has 0 saturated carbocycles. The molecular formula is C23H23N3O3. The second kappa shape index (κ2) is 7.91. The van der Waals surface area contributed by atoms with Crippen LogP contribution < -0.4 is 5.32 Å². The lowest BCUT2D eigenvalue weighted by Gasteiger charge is -2.27. The number of urea groups is 1. The first-order chi connectivity index (χ1) is 14.1. The molecule has 6 heteroatoms. The molecule has 1 aliphatic rings. The highest BCUT2D eigenvalue weighted by Crippen LogP contribution is 2.35. The number of imide groups is 1. The molecule has 148 valence electrons. The summed E-state index contributed by atoms with van der Waals surface area (Å²) in [6.07, 6.45) is 3.82. The number of amides is 3. The summed E-state index contributed by atoms with van der Waals surface area (Å²) in [6, 6.07) is 18.6. The van der Waals surface area contributed by atoms with Crippen molar-refractivity contribution < 1.29 is 14.0 Å². The summed E-state index contributed by atoms with van der Waals surface area (Å²) >= 11 is 0. The van der Waals surface area contributed by atoms with Gasteiger partial charge in [0.05, 0.1) is 12.2 Å². The lowest BCUT2D eigenvalue weighted by atomic mass is 9.85. The quantitative estimate of drug-likeness (QED) is 0.605. The predicted molar refractivity (Wildman–Crippen MR) is 109 cm³/mol. The van der Waals surface area contributed by atoms with Gasteiger partial charge in [-0.1, -0.05) is 68.3 Å². The molecule has 0 bridgehead atoms. The summed E-state index contributed by atoms with van der Waals surface area (Å²) in [7, 11) is 0. The largest absolute Gasteiger partial charge is 0.444 e. The fourth-order valence-electron chi connectivity index (χ4n) is 3.70. The molecule has 1 atom stereocenters. The molecule has 1 aromatic heterocycles. The van der Waals surface area contributed by atoms with Crippen LogP contribution in [0.1, 0.15) is 37.4 Å². The Morgan fingerprint density at radius 3 is 2.41 bits per heavy atom. The van der Waals surface area contributed by atoms with Gasteiger partial charge >= 0.3 is 6.03 Å². The van der Waals surface area contributed by atoms with Crippen LogP contribution >= 0.6 is 0 Å². The second-order valence-electron chi connectivity index (χ2n) is 7.21. The average molecular weight is 389 g/mol. The molecule has 0 spiro atoms. The van der Waals surface area contributed by atoms with Crippen LogP contribution in [0, 0.1) is 0 Å². The topological polar surface area (TPSA) is 75.4 Å². The first kappa shape index (κ1) is 18.9. The van der Waals surface area contributed by atoms with Gasteiger partial charge in [0.2, 0.25) is 5.89 Å². The van der Waals surface area contributed by atoms with Gasteiger partial charge in [0, 0.05) is 5.56 Å². The van der Waals surface area contributed by atoms with E-state index in [1.54, 1.807) is 0 Å². The molecule has 3 amide bonds. The van der Waals surface area contributed by atoms with Crippen molar-refractivity contribution in [3.05, 3.63) is 78.2 Å². The zero-order chi connectivity index (χ0) is 20.3. The number of unbranched alkanes of at least 4 members (excludes halogenated alkanes) is 1. The van der Waals surface area contributed by atoms with E-state index in [4.69, 9.17) is 4.42 Å². The van der Waals surface area contributed by atoms with E-state index in [9.17, 15) is 9.59 Å². The molecular weight excluding hydrogens is 366 g/mol. The SMILES string of the molecule is CCCCC1(c2ccccc2)NC(=O)N(Cc2coc(-c3ccccc3)n2)C1=O. The summed E-state index contributed by atoms with van der Waals surface area (Å²) in [5.74, 6) is 0.222. The number of carbonyl (C=O) groups is 2. The highest BCUT2D eigenvalue weighted by atomic mass is 16.3. The zero-order valence-electron chi connectivity index (χ0n) is 16.3. The maximum atomic E-state index is 13.4. The van der Waals surface area contributed by atoms with E-state index in [0.29, 0.717) is 18.0 Å². The van der Waals surface area contributed by atoms with Crippen molar-refractivity contribution in [3.8, 4) is 11.5 Å². The standard InChI is InChI=1S/C23H23N3O3/c1-2-3-14-23(18-12-8-5-9-13-18)21(27)26(22(28)25-23)15-19-16-29-20(24-19)17-10-6-4-7-11-17/h4-13,16H,2-3,14-15H2,1H3,(H,25,28). The van der Waals surface area contributed by atoms with Crippen LogP contribution in [0.2, 0.25) is 0 Å². The first-order valence-corrected chi connectivity index (χ1v) is 9.83. The molecule has 1 aliphatic heterocycles. The van der Waals surface area contributed by atoms with Gasteiger partial charge in [-0.3, -0.25) is 9.69 Å². The summed E-state index contributed by atoms with van der Waals surface area (Å²) in [5, 5.41) is 2.96. The fraction of sp³-hybridized carbons (Fsp3) is 0.261. The van der Waals surface area contributed by atoms with E-state index >= 15 is 0 Å². The minimum absolute atomic E-state index is 0.0711. The number of carbonyl (C=O) groups excluding carboxylic acids is 2. The van der Waals surface area contributed by atoms with Crippen molar-refractivity contribution in [2.75, 3.05) is 0 Å². The molecule has 1 fully saturated rings.